The maximum atomic E-state index is 13.7. The fourth-order valence-electron chi connectivity index (χ4n) is 6.71. The van der Waals surface area contributed by atoms with Gasteiger partial charge in [-0.3, -0.25) is 9.59 Å². The van der Waals surface area contributed by atoms with Crippen molar-refractivity contribution in [3.63, 3.8) is 0 Å². The lowest BCUT2D eigenvalue weighted by Gasteiger charge is -2.45. The van der Waals surface area contributed by atoms with Gasteiger partial charge in [-0.1, -0.05) is 112 Å². The molecule has 5 rings (SSSR count). The van der Waals surface area contributed by atoms with Crippen LogP contribution in [-0.2, 0) is 30.1 Å². The fourth-order valence-corrected chi connectivity index (χ4v) is 11.4. The van der Waals surface area contributed by atoms with Gasteiger partial charge in [0.15, 0.2) is 5.78 Å². The van der Waals surface area contributed by atoms with Gasteiger partial charge in [0.1, 0.15) is 5.41 Å². The molecule has 6 heteroatoms. The highest BCUT2D eigenvalue weighted by Crippen LogP contribution is 2.68. The van der Waals surface area contributed by atoms with Crippen LogP contribution in [-0.4, -0.2) is 39.4 Å². The topological polar surface area (TPSA) is 61.8 Å². The number of carbonyl (C=O) groups is 2. The van der Waals surface area contributed by atoms with Crippen molar-refractivity contribution in [3.8, 4) is 0 Å². The third kappa shape index (κ3) is 4.69. The predicted molar refractivity (Wildman–Crippen MR) is 154 cm³/mol. The number of esters is 1. The van der Waals surface area contributed by atoms with Crippen molar-refractivity contribution in [1.82, 2.24) is 0 Å². The van der Waals surface area contributed by atoms with Crippen molar-refractivity contribution in [2.75, 3.05) is 13.2 Å². The first kappa shape index (κ1) is 27.5. The molecule has 2 saturated carbocycles. The molecule has 0 spiro atoms. The van der Waals surface area contributed by atoms with E-state index in [9.17, 15) is 9.59 Å². The van der Waals surface area contributed by atoms with Gasteiger partial charge in [-0.05, 0) is 27.9 Å². The standard InChI is InChI=1S/C33H38O5Si/c1-5-37-31(35)33-27(23-36-22-24-15-9-6-10-16-24)30(33)28(21-29(33)34)38-39(32(2,3)4,25-17-11-7-12-18-25)26-19-13-8-14-20-26/h6-20,27-28,30H,5,21-23H2,1-4H3/t27-,28+,30+,33+/m0/s1. The molecule has 0 N–H and O–H groups in total. The average molecular weight is 543 g/mol. The molecular formula is C33H38O5Si. The lowest BCUT2D eigenvalue weighted by atomic mass is 9.98. The Morgan fingerprint density at radius 3 is 1.95 bits per heavy atom. The summed E-state index contributed by atoms with van der Waals surface area (Å²) in [5.74, 6) is -1.03. The number of fused-ring (bicyclic) bond motifs is 1. The maximum absolute atomic E-state index is 13.7. The highest BCUT2D eigenvalue weighted by Gasteiger charge is 2.81. The van der Waals surface area contributed by atoms with Crippen LogP contribution in [0.5, 0.6) is 0 Å². The first-order valence-electron chi connectivity index (χ1n) is 13.9. The molecule has 0 saturated heterocycles. The first-order chi connectivity index (χ1) is 18.8. The Hall–Kier alpha value is -3.06. The van der Waals surface area contributed by atoms with E-state index in [0.717, 1.165) is 15.9 Å². The molecule has 2 aliphatic rings. The summed E-state index contributed by atoms with van der Waals surface area (Å²) < 4.78 is 18.9. The molecule has 2 aliphatic carbocycles. The van der Waals surface area contributed by atoms with E-state index in [1.807, 2.05) is 42.5 Å². The van der Waals surface area contributed by atoms with Crippen molar-refractivity contribution in [2.45, 2.75) is 51.9 Å². The van der Waals surface area contributed by atoms with Crippen LogP contribution in [0.1, 0.15) is 39.7 Å². The summed E-state index contributed by atoms with van der Waals surface area (Å²) >= 11 is 0. The fraction of sp³-hybridized carbons (Fsp3) is 0.394. The van der Waals surface area contributed by atoms with E-state index in [2.05, 4.69) is 69.3 Å². The van der Waals surface area contributed by atoms with Gasteiger partial charge in [-0.2, -0.15) is 0 Å². The van der Waals surface area contributed by atoms with Gasteiger partial charge in [0.05, 0.1) is 25.9 Å². The monoisotopic (exact) mass is 542 g/mol. The quantitative estimate of drug-likeness (QED) is 0.207. The summed E-state index contributed by atoms with van der Waals surface area (Å²) in [6.07, 6.45) is -0.179. The van der Waals surface area contributed by atoms with Crippen molar-refractivity contribution in [2.24, 2.45) is 17.3 Å². The Bertz CT molecular complexity index is 1250. The Morgan fingerprint density at radius 1 is 0.897 bits per heavy atom. The second-order valence-electron chi connectivity index (χ2n) is 11.7. The third-order valence-corrected chi connectivity index (χ3v) is 13.5. The van der Waals surface area contributed by atoms with Crippen molar-refractivity contribution < 1.29 is 23.5 Å². The minimum absolute atomic E-state index is 0.0813. The van der Waals surface area contributed by atoms with Crippen molar-refractivity contribution in [1.29, 1.82) is 0 Å². The lowest BCUT2D eigenvalue weighted by Crippen LogP contribution is -2.67. The number of hydrogen-bond donors (Lipinski definition) is 0. The molecule has 39 heavy (non-hydrogen) atoms. The smallest absolute Gasteiger partial charge is 0.320 e. The van der Waals surface area contributed by atoms with Crippen LogP contribution in [0.25, 0.3) is 0 Å². The van der Waals surface area contributed by atoms with Gasteiger partial charge in [0.2, 0.25) is 0 Å². The van der Waals surface area contributed by atoms with E-state index >= 15 is 0 Å². The van der Waals surface area contributed by atoms with Gasteiger partial charge in [0.25, 0.3) is 8.32 Å². The summed E-state index contributed by atoms with van der Waals surface area (Å²) in [4.78, 5) is 27.1. The van der Waals surface area contributed by atoms with Crippen molar-refractivity contribution in [3.05, 3.63) is 96.6 Å². The van der Waals surface area contributed by atoms with E-state index in [-0.39, 0.29) is 35.7 Å². The summed E-state index contributed by atoms with van der Waals surface area (Å²) in [6, 6.07) is 30.8. The number of ketones is 1. The zero-order valence-corrected chi connectivity index (χ0v) is 24.3. The molecule has 3 aromatic carbocycles. The Kier molecular flexibility index (Phi) is 7.64. The number of ether oxygens (including phenoxy) is 2. The Morgan fingerprint density at radius 2 is 1.44 bits per heavy atom. The third-order valence-electron chi connectivity index (χ3n) is 8.45. The van der Waals surface area contributed by atoms with Gasteiger partial charge >= 0.3 is 5.97 Å². The molecule has 5 nitrogen and oxygen atoms in total. The summed E-state index contributed by atoms with van der Waals surface area (Å²) in [7, 11) is -2.90. The Balaban J connectivity index is 1.50. The number of carbonyl (C=O) groups excluding carboxylic acids is 2. The highest BCUT2D eigenvalue weighted by atomic mass is 28.4. The van der Waals surface area contributed by atoms with Crippen LogP contribution in [0.4, 0.5) is 0 Å². The number of rotatable bonds is 10. The first-order valence-corrected chi connectivity index (χ1v) is 15.8. The molecule has 0 amide bonds. The average Bonchev–Trinajstić information content (AvgIpc) is 3.52. The van der Waals surface area contributed by atoms with E-state index < -0.39 is 25.8 Å². The molecule has 0 bridgehead atoms. The van der Waals surface area contributed by atoms with Gasteiger partial charge in [-0.15, -0.1) is 0 Å². The van der Waals surface area contributed by atoms with E-state index in [1.165, 1.54) is 0 Å². The maximum Gasteiger partial charge on any atom is 0.320 e. The van der Waals surface area contributed by atoms with Crippen LogP contribution in [0.3, 0.4) is 0 Å². The summed E-state index contributed by atoms with van der Waals surface area (Å²) in [5, 5.41) is 2.08. The SMILES string of the molecule is CCOC(=O)[C@]12C(=O)C[C@@H](O[Si](c3ccccc3)(c3ccccc3)C(C)(C)C)[C@H]1[C@@H]2COCc1ccccc1. The van der Waals surface area contributed by atoms with Crippen LogP contribution in [0.2, 0.25) is 5.04 Å². The summed E-state index contributed by atoms with van der Waals surface area (Å²) in [5.41, 5.74) is -0.122. The van der Waals surface area contributed by atoms with Crippen LogP contribution in [0.15, 0.2) is 91.0 Å². The minimum atomic E-state index is -2.90. The molecule has 0 aliphatic heterocycles. The van der Waals surface area contributed by atoms with Crippen molar-refractivity contribution >= 4 is 30.4 Å². The molecule has 204 valence electrons. The molecule has 0 radical (unpaired) electrons. The second kappa shape index (κ2) is 10.8. The molecule has 0 unspecified atom stereocenters. The van der Waals surface area contributed by atoms with Crippen LogP contribution in [0, 0.1) is 17.3 Å². The lowest BCUT2D eigenvalue weighted by molar-refractivity contribution is -0.154. The van der Waals surface area contributed by atoms with E-state index in [1.54, 1.807) is 6.92 Å². The molecule has 3 aromatic rings. The van der Waals surface area contributed by atoms with Crippen LogP contribution >= 0.6 is 0 Å². The number of benzene rings is 3. The molecule has 0 aromatic heterocycles. The van der Waals surface area contributed by atoms with Gasteiger partial charge in [-0.25, -0.2) is 0 Å². The zero-order valence-electron chi connectivity index (χ0n) is 23.3. The highest BCUT2D eigenvalue weighted by molar-refractivity contribution is 6.99. The molecule has 0 heterocycles. The predicted octanol–water partition coefficient (Wildman–Crippen LogP) is 4.92. The second-order valence-corrected chi connectivity index (χ2v) is 15.9. The molecular weight excluding hydrogens is 504 g/mol. The molecule has 4 atom stereocenters. The van der Waals surface area contributed by atoms with E-state index in [0.29, 0.717) is 13.2 Å². The normalized spacial score (nSPS) is 24.3. The molecule has 2 fully saturated rings. The Labute approximate surface area is 232 Å². The summed E-state index contributed by atoms with van der Waals surface area (Å²) in [6.45, 7) is 9.43. The van der Waals surface area contributed by atoms with Gasteiger partial charge < -0.3 is 13.9 Å². The largest absolute Gasteiger partial charge is 0.465 e. The zero-order chi connectivity index (χ0) is 27.7. The van der Waals surface area contributed by atoms with Gasteiger partial charge in [0, 0.05) is 18.3 Å². The number of hydrogen-bond acceptors (Lipinski definition) is 5. The van der Waals surface area contributed by atoms with Crippen LogP contribution < -0.4 is 10.4 Å². The number of Topliss-reactive ketones (excluding diaryl/α,β-unsaturated/α-hetero) is 1. The van der Waals surface area contributed by atoms with E-state index in [4.69, 9.17) is 13.9 Å². The minimum Gasteiger partial charge on any atom is -0.465 e.